The molecule has 6 heteroatoms. The van der Waals surface area contributed by atoms with E-state index in [1.165, 1.54) is 12.5 Å². The SMILES string of the molecule is CCC1CCCCC1NS(=O)(=O)c1cc(CO)n(C)c1. The highest BCUT2D eigenvalue weighted by molar-refractivity contribution is 7.89. The van der Waals surface area contributed by atoms with Crippen molar-refractivity contribution >= 4 is 10.0 Å². The van der Waals surface area contributed by atoms with Crippen molar-refractivity contribution in [3.8, 4) is 0 Å². The number of aliphatic hydroxyl groups excluding tert-OH is 1. The van der Waals surface area contributed by atoms with E-state index in [-0.39, 0.29) is 17.5 Å². The number of nitrogens with zero attached hydrogens (tertiary/aromatic N) is 1. The van der Waals surface area contributed by atoms with E-state index in [9.17, 15) is 8.42 Å². The van der Waals surface area contributed by atoms with Crippen molar-refractivity contribution in [1.29, 1.82) is 0 Å². The minimum Gasteiger partial charge on any atom is -0.390 e. The quantitative estimate of drug-likeness (QED) is 0.870. The van der Waals surface area contributed by atoms with Crippen molar-refractivity contribution in [2.24, 2.45) is 13.0 Å². The summed E-state index contributed by atoms with van der Waals surface area (Å²) in [5.74, 6) is 0.430. The van der Waals surface area contributed by atoms with Crippen LogP contribution in [0.3, 0.4) is 0 Å². The van der Waals surface area contributed by atoms with Gasteiger partial charge in [-0.25, -0.2) is 13.1 Å². The van der Waals surface area contributed by atoms with Gasteiger partial charge in [0.05, 0.1) is 11.5 Å². The smallest absolute Gasteiger partial charge is 0.242 e. The Morgan fingerprint density at radius 3 is 2.70 bits per heavy atom. The lowest BCUT2D eigenvalue weighted by Crippen LogP contribution is -2.41. The van der Waals surface area contributed by atoms with Gasteiger partial charge < -0.3 is 9.67 Å². The second-order valence-corrected chi connectivity index (χ2v) is 7.33. The van der Waals surface area contributed by atoms with Crippen molar-refractivity contribution in [1.82, 2.24) is 9.29 Å². The highest BCUT2D eigenvalue weighted by Crippen LogP contribution is 2.28. The molecule has 1 aliphatic carbocycles. The zero-order valence-corrected chi connectivity index (χ0v) is 13.0. The Balaban J connectivity index is 2.17. The number of hydrogen-bond acceptors (Lipinski definition) is 3. The van der Waals surface area contributed by atoms with Crippen molar-refractivity contribution in [3.63, 3.8) is 0 Å². The van der Waals surface area contributed by atoms with Crippen LogP contribution in [0.1, 0.15) is 44.7 Å². The fourth-order valence-electron chi connectivity index (χ4n) is 3.00. The number of aromatic nitrogens is 1. The van der Waals surface area contributed by atoms with Gasteiger partial charge in [-0.05, 0) is 24.8 Å². The summed E-state index contributed by atoms with van der Waals surface area (Å²) in [6.07, 6.45) is 6.84. The first kappa shape index (κ1) is 15.5. The molecule has 0 amide bonds. The molecule has 1 aromatic rings. The fraction of sp³-hybridized carbons (Fsp3) is 0.714. The molecule has 1 fully saturated rings. The molecule has 1 saturated carbocycles. The maximum atomic E-state index is 12.4. The third kappa shape index (κ3) is 3.24. The summed E-state index contributed by atoms with van der Waals surface area (Å²) in [4.78, 5) is 0.240. The molecule has 0 radical (unpaired) electrons. The summed E-state index contributed by atoms with van der Waals surface area (Å²) >= 11 is 0. The van der Waals surface area contributed by atoms with Crippen LogP contribution in [-0.2, 0) is 23.7 Å². The topological polar surface area (TPSA) is 71.3 Å². The molecule has 20 heavy (non-hydrogen) atoms. The number of hydrogen-bond donors (Lipinski definition) is 2. The molecule has 2 unspecified atom stereocenters. The van der Waals surface area contributed by atoms with Crippen LogP contribution in [0.4, 0.5) is 0 Å². The van der Waals surface area contributed by atoms with Crippen molar-refractivity contribution in [2.75, 3.05) is 0 Å². The Hall–Kier alpha value is -0.850. The van der Waals surface area contributed by atoms with Gasteiger partial charge in [0.25, 0.3) is 0 Å². The minimum absolute atomic E-state index is 0.0385. The summed E-state index contributed by atoms with van der Waals surface area (Å²) in [5, 5.41) is 9.16. The van der Waals surface area contributed by atoms with E-state index in [1.807, 2.05) is 0 Å². The van der Waals surface area contributed by atoms with E-state index in [0.29, 0.717) is 11.6 Å². The third-order valence-electron chi connectivity index (χ3n) is 4.30. The molecule has 0 aliphatic heterocycles. The van der Waals surface area contributed by atoms with Crippen molar-refractivity contribution in [3.05, 3.63) is 18.0 Å². The predicted molar refractivity (Wildman–Crippen MR) is 77.7 cm³/mol. The standard InChI is InChI=1S/C14H24N2O3S/c1-3-11-6-4-5-7-14(11)15-20(18,19)13-8-12(10-17)16(2)9-13/h8-9,11,14-15,17H,3-7,10H2,1-2H3. The second-order valence-electron chi connectivity index (χ2n) is 5.62. The summed E-state index contributed by atoms with van der Waals surface area (Å²) in [6.45, 7) is 1.96. The van der Waals surface area contributed by atoms with Crippen LogP contribution >= 0.6 is 0 Å². The summed E-state index contributed by atoms with van der Waals surface area (Å²) in [7, 11) is -1.76. The molecule has 0 bridgehead atoms. The first-order chi connectivity index (χ1) is 9.47. The second kappa shape index (κ2) is 6.28. The molecule has 2 atom stereocenters. The van der Waals surface area contributed by atoms with Crippen LogP contribution < -0.4 is 4.72 Å². The minimum atomic E-state index is -3.50. The number of rotatable bonds is 5. The van der Waals surface area contributed by atoms with Crippen LogP contribution in [0.15, 0.2) is 17.2 Å². The average molecular weight is 300 g/mol. The van der Waals surface area contributed by atoms with Gasteiger partial charge in [0.15, 0.2) is 0 Å². The Labute approximate surface area is 121 Å². The Morgan fingerprint density at radius 1 is 1.40 bits per heavy atom. The third-order valence-corrected chi connectivity index (χ3v) is 5.75. The first-order valence-electron chi connectivity index (χ1n) is 7.26. The molecule has 2 rings (SSSR count). The van der Waals surface area contributed by atoms with Gasteiger partial charge >= 0.3 is 0 Å². The monoisotopic (exact) mass is 300 g/mol. The molecular formula is C14H24N2O3S. The van der Waals surface area contributed by atoms with E-state index in [2.05, 4.69) is 11.6 Å². The van der Waals surface area contributed by atoms with Crippen LogP contribution in [0.5, 0.6) is 0 Å². The number of sulfonamides is 1. The van der Waals surface area contributed by atoms with Crippen LogP contribution in [0, 0.1) is 5.92 Å². The van der Waals surface area contributed by atoms with Gasteiger partial charge in [0.1, 0.15) is 0 Å². The Morgan fingerprint density at radius 2 is 2.10 bits per heavy atom. The molecule has 0 aromatic carbocycles. The molecule has 0 spiro atoms. The lowest BCUT2D eigenvalue weighted by molar-refractivity contribution is 0.272. The van der Waals surface area contributed by atoms with E-state index >= 15 is 0 Å². The molecule has 2 N–H and O–H groups in total. The van der Waals surface area contributed by atoms with E-state index in [0.717, 1.165) is 25.7 Å². The van der Waals surface area contributed by atoms with Gasteiger partial charge in [-0.2, -0.15) is 0 Å². The molecule has 1 aliphatic rings. The summed E-state index contributed by atoms with van der Waals surface area (Å²) in [5.41, 5.74) is 0.598. The summed E-state index contributed by atoms with van der Waals surface area (Å²) in [6, 6.07) is 1.57. The van der Waals surface area contributed by atoms with Crippen LogP contribution in [-0.4, -0.2) is 24.1 Å². The fourth-order valence-corrected chi connectivity index (χ4v) is 4.43. The highest BCUT2D eigenvalue weighted by Gasteiger charge is 2.29. The Bertz CT molecular complexity index is 551. The van der Waals surface area contributed by atoms with Gasteiger partial charge in [-0.1, -0.05) is 26.2 Å². The average Bonchev–Trinajstić information content (AvgIpc) is 2.81. The highest BCUT2D eigenvalue weighted by atomic mass is 32.2. The lowest BCUT2D eigenvalue weighted by Gasteiger charge is -2.31. The molecule has 1 aromatic heterocycles. The van der Waals surface area contributed by atoms with Crippen molar-refractivity contribution in [2.45, 2.75) is 56.6 Å². The predicted octanol–water partition coefficient (Wildman–Crippen LogP) is 1.76. The number of aliphatic hydroxyl groups is 1. The van der Waals surface area contributed by atoms with E-state index < -0.39 is 10.0 Å². The maximum Gasteiger partial charge on any atom is 0.242 e. The molecule has 0 saturated heterocycles. The van der Waals surface area contributed by atoms with Gasteiger partial charge in [-0.3, -0.25) is 0 Å². The maximum absolute atomic E-state index is 12.4. The summed E-state index contributed by atoms with van der Waals surface area (Å²) < 4.78 is 29.4. The van der Waals surface area contributed by atoms with Crippen LogP contribution in [0.2, 0.25) is 0 Å². The van der Waals surface area contributed by atoms with Crippen molar-refractivity contribution < 1.29 is 13.5 Å². The zero-order valence-electron chi connectivity index (χ0n) is 12.2. The van der Waals surface area contributed by atoms with Crippen LogP contribution in [0.25, 0.3) is 0 Å². The Kier molecular flexibility index (Phi) is 4.88. The van der Waals surface area contributed by atoms with E-state index in [4.69, 9.17) is 5.11 Å². The van der Waals surface area contributed by atoms with Gasteiger partial charge in [0.2, 0.25) is 10.0 Å². The first-order valence-corrected chi connectivity index (χ1v) is 8.74. The number of nitrogens with one attached hydrogen (secondary N) is 1. The molecule has 114 valence electrons. The largest absolute Gasteiger partial charge is 0.390 e. The zero-order chi connectivity index (χ0) is 14.8. The molecular weight excluding hydrogens is 276 g/mol. The van der Waals surface area contributed by atoms with E-state index in [1.54, 1.807) is 17.8 Å². The molecule has 5 nitrogen and oxygen atoms in total. The number of aryl methyl sites for hydroxylation is 1. The lowest BCUT2D eigenvalue weighted by atomic mass is 9.83. The normalized spacial score (nSPS) is 23.9. The molecule has 1 heterocycles. The van der Waals surface area contributed by atoms with Gasteiger partial charge in [0, 0.05) is 25.0 Å². The van der Waals surface area contributed by atoms with Gasteiger partial charge in [-0.15, -0.1) is 0 Å².